The van der Waals surface area contributed by atoms with Gasteiger partial charge in [-0.1, -0.05) is 53.2 Å². The molecule has 0 aliphatic heterocycles. The molecule has 0 aliphatic carbocycles. The molecule has 128 valence electrons. The third kappa shape index (κ3) is 5.23. The normalized spacial score (nSPS) is 11.8. The Labute approximate surface area is 155 Å². The van der Waals surface area contributed by atoms with Crippen molar-refractivity contribution in [2.45, 2.75) is 22.9 Å². The Balaban J connectivity index is 1.95. The first-order valence-electron chi connectivity index (χ1n) is 6.65. The summed E-state index contributed by atoms with van der Waals surface area (Å²) in [6.07, 6.45) is 0.458. The van der Waals surface area contributed by atoms with E-state index >= 15 is 0 Å². The number of carbonyl (C=O) groups is 2. The highest BCUT2D eigenvalue weighted by molar-refractivity contribution is 8.02. The zero-order valence-electron chi connectivity index (χ0n) is 12.2. The summed E-state index contributed by atoms with van der Waals surface area (Å²) in [6.45, 7) is 1.77. The van der Waals surface area contributed by atoms with Crippen LogP contribution in [0.15, 0.2) is 22.5 Å². The van der Waals surface area contributed by atoms with Crippen molar-refractivity contribution in [1.82, 2.24) is 10.2 Å². The lowest BCUT2D eigenvalue weighted by Gasteiger charge is -2.06. The summed E-state index contributed by atoms with van der Waals surface area (Å²) >= 11 is 13.9. The summed E-state index contributed by atoms with van der Waals surface area (Å²) in [5, 5.41) is 22.2. The van der Waals surface area contributed by atoms with Crippen LogP contribution < -0.4 is 10.6 Å². The van der Waals surface area contributed by atoms with Crippen LogP contribution in [-0.2, 0) is 4.79 Å². The minimum atomic E-state index is -0.912. The SMILES string of the molecule is CC[C@H](Sc1nnc(NC(=O)Nc2ccc(Cl)c(Cl)c2)s1)C(=O)O. The Morgan fingerprint density at radius 3 is 2.67 bits per heavy atom. The number of nitrogens with one attached hydrogen (secondary N) is 2. The number of benzene rings is 1. The molecule has 2 amide bonds. The third-order valence-corrected chi connectivity index (χ3v) is 5.71. The van der Waals surface area contributed by atoms with Crippen LogP contribution in [0.2, 0.25) is 10.0 Å². The van der Waals surface area contributed by atoms with Crippen molar-refractivity contribution in [3.8, 4) is 0 Å². The molecular weight excluding hydrogens is 395 g/mol. The average Bonchev–Trinajstić information content (AvgIpc) is 2.95. The molecule has 1 aromatic heterocycles. The van der Waals surface area contributed by atoms with Gasteiger partial charge < -0.3 is 10.4 Å². The van der Waals surface area contributed by atoms with E-state index in [0.29, 0.717) is 26.5 Å². The van der Waals surface area contributed by atoms with Gasteiger partial charge in [0.15, 0.2) is 4.34 Å². The number of carbonyl (C=O) groups excluding carboxylic acids is 1. The van der Waals surface area contributed by atoms with Crippen LogP contribution in [0.25, 0.3) is 0 Å². The molecule has 11 heteroatoms. The van der Waals surface area contributed by atoms with Crippen molar-refractivity contribution in [2.75, 3.05) is 10.6 Å². The summed E-state index contributed by atoms with van der Waals surface area (Å²) in [7, 11) is 0. The summed E-state index contributed by atoms with van der Waals surface area (Å²) in [5.41, 5.74) is 0.470. The van der Waals surface area contributed by atoms with Crippen molar-refractivity contribution in [2.24, 2.45) is 0 Å². The van der Waals surface area contributed by atoms with Gasteiger partial charge in [0.05, 0.1) is 10.0 Å². The quantitative estimate of drug-likeness (QED) is 0.483. The van der Waals surface area contributed by atoms with Gasteiger partial charge in [-0.3, -0.25) is 10.1 Å². The number of hydrogen-bond donors (Lipinski definition) is 3. The van der Waals surface area contributed by atoms with Gasteiger partial charge in [-0.15, -0.1) is 10.2 Å². The molecule has 0 spiro atoms. The van der Waals surface area contributed by atoms with Gasteiger partial charge in [0.25, 0.3) is 0 Å². The fourth-order valence-electron chi connectivity index (χ4n) is 1.57. The van der Waals surface area contributed by atoms with Gasteiger partial charge in [0, 0.05) is 5.69 Å². The highest BCUT2D eigenvalue weighted by Crippen LogP contribution is 2.30. The van der Waals surface area contributed by atoms with E-state index in [-0.39, 0.29) is 5.13 Å². The lowest BCUT2D eigenvalue weighted by atomic mass is 10.3. The monoisotopic (exact) mass is 406 g/mol. The Morgan fingerprint density at radius 1 is 1.29 bits per heavy atom. The average molecular weight is 407 g/mol. The minimum Gasteiger partial charge on any atom is -0.480 e. The van der Waals surface area contributed by atoms with Crippen molar-refractivity contribution in [3.05, 3.63) is 28.2 Å². The molecule has 1 heterocycles. The number of aliphatic carboxylic acids is 1. The highest BCUT2D eigenvalue weighted by Gasteiger charge is 2.19. The summed E-state index contributed by atoms with van der Waals surface area (Å²) < 4.78 is 0.467. The molecular formula is C13H12Cl2N4O3S2. The largest absolute Gasteiger partial charge is 0.480 e. The van der Waals surface area contributed by atoms with Gasteiger partial charge >= 0.3 is 12.0 Å². The predicted octanol–water partition coefficient (Wildman–Crippen LogP) is 4.44. The molecule has 7 nitrogen and oxygen atoms in total. The van der Waals surface area contributed by atoms with Gasteiger partial charge in [-0.2, -0.15) is 0 Å². The first kappa shape index (κ1) is 18.8. The van der Waals surface area contributed by atoms with Gasteiger partial charge in [0.1, 0.15) is 5.25 Å². The van der Waals surface area contributed by atoms with E-state index in [4.69, 9.17) is 28.3 Å². The maximum Gasteiger partial charge on any atom is 0.325 e. The Bertz CT molecular complexity index is 757. The van der Waals surface area contributed by atoms with Crippen LogP contribution >= 0.6 is 46.3 Å². The summed E-state index contributed by atoms with van der Waals surface area (Å²) in [5.74, 6) is -0.912. The number of carboxylic acid groups (broad SMARTS) is 1. The highest BCUT2D eigenvalue weighted by atomic mass is 35.5. The molecule has 0 unspecified atom stereocenters. The number of hydrogen-bond acceptors (Lipinski definition) is 6. The second kappa shape index (κ2) is 8.52. The molecule has 0 bridgehead atoms. The van der Waals surface area contributed by atoms with Crippen molar-refractivity contribution in [1.29, 1.82) is 0 Å². The van der Waals surface area contributed by atoms with E-state index in [1.54, 1.807) is 19.1 Å². The number of aromatic nitrogens is 2. The maximum atomic E-state index is 11.9. The van der Waals surface area contributed by atoms with Crippen LogP contribution in [0.1, 0.15) is 13.3 Å². The maximum absolute atomic E-state index is 11.9. The Kier molecular flexibility index (Phi) is 6.67. The molecule has 1 atom stereocenters. The third-order valence-electron chi connectivity index (χ3n) is 2.69. The van der Waals surface area contributed by atoms with Gasteiger partial charge in [-0.25, -0.2) is 4.79 Å². The molecule has 24 heavy (non-hydrogen) atoms. The zero-order valence-corrected chi connectivity index (χ0v) is 15.4. The molecule has 2 aromatic rings. The molecule has 1 aromatic carbocycles. The smallest absolute Gasteiger partial charge is 0.325 e. The standard InChI is InChI=1S/C13H12Cl2N4O3S2/c1-2-9(10(20)21)23-13-19-18-12(24-13)17-11(22)16-6-3-4-7(14)8(15)5-6/h3-5,9H,2H2,1H3,(H,20,21)(H2,16,17,18,22)/t9-/m0/s1. The lowest BCUT2D eigenvalue weighted by Crippen LogP contribution is -2.19. The number of urea groups is 1. The van der Waals surface area contributed by atoms with Gasteiger partial charge in [-0.05, 0) is 24.6 Å². The van der Waals surface area contributed by atoms with Crippen LogP contribution in [0.5, 0.6) is 0 Å². The molecule has 2 rings (SSSR count). The molecule has 3 N–H and O–H groups in total. The van der Waals surface area contributed by atoms with E-state index in [9.17, 15) is 9.59 Å². The number of carboxylic acids is 1. The zero-order chi connectivity index (χ0) is 17.7. The molecule has 0 aliphatic rings. The fourth-order valence-corrected chi connectivity index (χ4v) is 3.72. The Morgan fingerprint density at radius 2 is 2.04 bits per heavy atom. The van der Waals surface area contributed by atoms with Crippen molar-refractivity contribution >= 4 is 69.1 Å². The first-order chi connectivity index (χ1) is 11.4. The lowest BCUT2D eigenvalue weighted by molar-refractivity contribution is -0.136. The fraction of sp³-hybridized carbons (Fsp3) is 0.231. The van der Waals surface area contributed by atoms with E-state index in [2.05, 4.69) is 20.8 Å². The second-order valence-corrected chi connectivity index (χ2v) is 7.68. The van der Waals surface area contributed by atoms with Crippen LogP contribution in [0, 0.1) is 0 Å². The minimum absolute atomic E-state index is 0.260. The van der Waals surface area contributed by atoms with Crippen LogP contribution in [0.4, 0.5) is 15.6 Å². The van der Waals surface area contributed by atoms with E-state index in [0.717, 1.165) is 23.1 Å². The van der Waals surface area contributed by atoms with Crippen LogP contribution in [0.3, 0.4) is 0 Å². The number of nitrogens with zero attached hydrogens (tertiary/aromatic N) is 2. The second-order valence-electron chi connectivity index (χ2n) is 4.43. The van der Waals surface area contributed by atoms with Crippen molar-refractivity contribution in [3.63, 3.8) is 0 Å². The number of thioether (sulfide) groups is 1. The van der Waals surface area contributed by atoms with Crippen molar-refractivity contribution < 1.29 is 14.7 Å². The number of amides is 2. The molecule has 0 fully saturated rings. The predicted molar refractivity (Wildman–Crippen MR) is 96.6 cm³/mol. The molecule has 0 saturated heterocycles. The Hall–Kier alpha value is -1.55. The molecule has 0 radical (unpaired) electrons. The summed E-state index contributed by atoms with van der Waals surface area (Å²) in [6, 6.07) is 4.17. The number of anilines is 2. The number of halogens is 2. The van der Waals surface area contributed by atoms with Crippen LogP contribution in [-0.4, -0.2) is 32.6 Å². The van der Waals surface area contributed by atoms with E-state index in [1.165, 1.54) is 6.07 Å². The van der Waals surface area contributed by atoms with E-state index < -0.39 is 17.3 Å². The molecule has 0 saturated carbocycles. The summed E-state index contributed by atoms with van der Waals surface area (Å²) in [4.78, 5) is 22.9. The number of rotatable bonds is 6. The first-order valence-corrected chi connectivity index (χ1v) is 9.10. The van der Waals surface area contributed by atoms with E-state index in [1.807, 2.05) is 0 Å². The van der Waals surface area contributed by atoms with Gasteiger partial charge in [0.2, 0.25) is 5.13 Å². The topological polar surface area (TPSA) is 104 Å².